The maximum absolute atomic E-state index is 9.77. The fraction of sp³-hybridized carbons (Fsp3) is 0.333. The Morgan fingerprint density at radius 2 is 0.833 bits per heavy atom. The second kappa shape index (κ2) is 10.2. The Morgan fingerprint density at radius 1 is 0.533 bits per heavy atom. The van der Waals surface area contributed by atoms with Gasteiger partial charge >= 0.3 is 0 Å². The molecule has 3 aromatic rings. The molecule has 3 rings (SSSR count). The van der Waals surface area contributed by atoms with Crippen molar-refractivity contribution in [3.63, 3.8) is 0 Å². The molecule has 0 saturated heterocycles. The SMILES string of the molecule is CCN(CC)c1ccc(C(c2ccc(O)cc2)c2ccc(N(CC)CC)cc2)cc1. The molecule has 0 amide bonds. The number of aromatic hydroxyl groups is 1. The molecule has 3 aromatic carbocycles. The Labute approximate surface area is 181 Å². The molecular weight excluding hydrogens is 368 g/mol. The van der Waals surface area contributed by atoms with Crippen molar-refractivity contribution < 1.29 is 5.11 Å². The summed E-state index contributed by atoms with van der Waals surface area (Å²) < 4.78 is 0. The molecule has 0 aliphatic carbocycles. The minimum Gasteiger partial charge on any atom is -0.508 e. The van der Waals surface area contributed by atoms with E-state index < -0.39 is 0 Å². The lowest BCUT2D eigenvalue weighted by atomic mass is 9.85. The van der Waals surface area contributed by atoms with Crippen LogP contribution in [0.5, 0.6) is 5.75 Å². The number of rotatable bonds is 9. The summed E-state index contributed by atoms with van der Waals surface area (Å²) in [6, 6.07) is 25.4. The molecule has 0 aliphatic heterocycles. The summed E-state index contributed by atoms with van der Waals surface area (Å²) in [4.78, 5) is 4.72. The first-order valence-corrected chi connectivity index (χ1v) is 11.1. The third kappa shape index (κ3) is 4.79. The van der Waals surface area contributed by atoms with Crippen LogP contribution in [0.15, 0.2) is 72.8 Å². The van der Waals surface area contributed by atoms with Crippen molar-refractivity contribution in [1.82, 2.24) is 0 Å². The average Bonchev–Trinajstić information content (AvgIpc) is 2.79. The van der Waals surface area contributed by atoms with Gasteiger partial charge in [-0.3, -0.25) is 0 Å². The average molecular weight is 403 g/mol. The molecule has 3 heteroatoms. The van der Waals surface area contributed by atoms with Crippen LogP contribution in [0.4, 0.5) is 11.4 Å². The second-order valence-electron chi connectivity index (χ2n) is 7.55. The fourth-order valence-corrected chi connectivity index (χ4v) is 4.18. The molecule has 0 heterocycles. The van der Waals surface area contributed by atoms with Gasteiger partial charge in [0, 0.05) is 43.5 Å². The molecule has 0 aliphatic rings. The van der Waals surface area contributed by atoms with Gasteiger partial charge in [-0.05, 0) is 80.8 Å². The van der Waals surface area contributed by atoms with Crippen LogP contribution in [0.2, 0.25) is 0 Å². The van der Waals surface area contributed by atoms with Crippen LogP contribution >= 0.6 is 0 Å². The predicted molar refractivity (Wildman–Crippen MR) is 129 cm³/mol. The van der Waals surface area contributed by atoms with Crippen molar-refractivity contribution in [2.75, 3.05) is 36.0 Å². The summed E-state index contributed by atoms with van der Waals surface area (Å²) in [5.74, 6) is 0.424. The van der Waals surface area contributed by atoms with Gasteiger partial charge < -0.3 is 14.9 Å². The van der Waals surface area contributed by atoms with Gasteiger partial charge in [-0.15, -0.1) is 0 Å². The lowest BCUT2D eigenvalue weighted by Crippen LogP contribution is -2.21. The standard InChI is InChI=1S/C27H34N2O/c1-5-28(6-2)24-15-9-21(10-16-24)27(23-13-19-26(30)20-14-23)22-11-17-25(18-12-22)29(7-3)8-4/h9-20,27,30H,5-8H2,1-4H3. The number of phenols is 1. The quantitative estimate of drug-likeness (QED) is 0.428. The summed E-state index contributed by atoms with van der Waals surface area (Å²) >= 11 is 0. The van der Waals surface area contributed by atoms with Crippen molar-refractivity contribution in [1.29, 1.82) is 0 Å². The van der Waals surface area contributed by atoms with Crippen molar-refractivity contribution in [3.8, 4) is 5.75 Å². The number of phenolic OH excluding ortho intramolecular Hbond substituents is 1. The van der Waals surface area contributed by atoms with Crippen LogP contribution < -0.4 is 9.80 Å². The highest BCUT2D eigenvalue weighted by Gasteiger charge is 2.18. The van der Waals surface area contributed by atoms with E-state index in [-0.39, 0.29) is 5.92 Å². The van der Waals surface area contributed by atoms with E-state index >= 15 is 0 Å². The molecule has 0 spiro atoms. The largest absolute Gasteiger partial charge is 0.508 e. The normalized spacial score (nSPS) is 11.0. The molecule has 3 nitrogen and oxygen atoms in total. The Balaban J connectivity index is 2.00. The molecule has 30 heavy (non-hydrogen) atoms. The zero-order valence-corrected chi connectivity index (χ0v) is 18.7. The Morgan fingerprint density at radius 3 is 1.13 bits per heavy atom. The van der Waals surface area contributed by atoms with Crippen molar-refractivity contribution in [2.24, 2.45) is 0 Å². The van der Waals surface area contributed by atoms with Gasteiger partial charge in [0.25, 0.3) is 0 Å². The number of hydrogen-bond donors (Lipinski definition) is 1. The summed E-state index contributed by atoms with van der Waals surface area (Å²) in [7, 11) is 0. The van der Waals surface area contributed by atoms with E-state index in [0.717, 1.165) is 26.2 Å². The smallest absolute Gasteiger partial charge is 0.115 e. The van der Waals surface area contributed by atoms with E-state index in [4.69, 9.17) is 0 Å². The summed E-state index contributed by atoms with van der Waals surface area (Å²) in [6.07, 6.45) is 0. The number of benzene rings is 3. The predicted octanol–water partition coefficient (Wildman–Crippen LogP) is 6.26. The highest BCUT2D eigenvalue weighted by Crippen LogP contribution is 2.34. The molecule has 0 bridgehead atoms. The number of hydrogen-bond acceptors (Lipinski definition) is 3. The first kappa shape index (κ1) is 21.8. The zero-order valence-electron chi connectivity index (χ0n) is 18.7. The van der Waals surface area contributed by atoms with Gasteiger partial charge in [-0.25, -0.2) is 0 Å². The van der Waals surface area contributed by atoms with E-state index in [9.17, 15) is 5.11 Å². The Bertz CT molecular complexity index is 838. The molecular formula is C27H34N2O. The molecule has 0 radical (unpaired) electrons. The third-order valence-electron chi connectivity index (χ3n) is 5.94. The van der Waals surface area contributed by atoms with Crippen molar-refractivity contribution in [3.05, 3.63) is 89.5 Å². The first-order chi connectivity index (χ1) is 14.6. The van der Waals surface area contributed by atoms with Crippen molar-refractivity contribution >= 4 is 11.4 Å². The van der Waals surface area contributed by atoms with Gasteiger partial charge in [-0.2, -0.15) is 0 Å². The van der Waals surface area contributed by atoms with E-state index in [1.165, 1.54) is 28.1 Å². The summed E-state index contributed by atoms with van der Waals surface area (Å²) in [5.41, 5.74) is 6.20. The minimum atomic E-state index is 0.127. The Kier molecular flexibility index (Phi) is 7.40. The van der Waals surface area contributed by atoms with E-state index in [0.29, 0.717) is 5.75 Å². The maximum Gasteiger partial charge on any atom is 0.115 e. The van der Waals surface area contributed by atoms with Crippen LogP contribution in [0.25, 0.3) is 0 Å². The monoisotopic (exact) mass is 402 g/mol. The maximum atomic E-state index is 9.77. The highest BCUT2D eigenvalue weighted by atomic mass is 16.3. The van der Waals surface area contributed by atoms with Gasteiger partial charge in [-0.1, -0.05) is 36.4 Å². The van der Waals surface area contributed by atoms with Crippen LogP contribution in [0.1, 0.15) is 50.3 Å². The lowest BCUT2D eigenvalue weighted by molar-refractivity contribution is 0.475. The van der Waals surface area contributed by atoms with Crippen LogP contribution in [0, 0.1) is 0 Å². The third-order valence-corrected chi connectivity index (χ3v) is 5.94. The molecule has 0 atom stereocenters. The van der Waals surface area contributed by atoms with Crippen LogP contribution in [-0.4, -0.2) is 31.3 Å². The van der Waals surface area contributed by atoms with Crippen LogP contribution in [-0.2, 0) is 0 Å². The highest BCUT2D eigenvalue weighted by molar-refractivity contribution is 5.54. The number of nitrogens with zero attached hydrogens (tertiary/aromatic N) is 2. The van der Waals surface area contributed by atoms with Gasteiger partial charge in [0.1, 0.15) is 5.75 Å². The molecule has 1 N–H and O–H groups in total. The van der Waals surface area contributed by atoms with Crippen LogP contribution in [0.3, 0.4) is 0 Å². The molecule has 0 fully saturated rings. The van der Waals surface area contributed by atoms with E-state index in [1.54, 1.807) is 12.1 Å². The van der Waals surface area contributed by atoms with E-state index in [2.05, 4.69) is 86.0 Å². The number of anilines is 2. The van der Waals surface area contributed by atoms with Gasteiger partial charge in [0.2, 0.25) is 0 Å². The molecule has 0 unspecified atom stereocenters. The second-order valence-corrected chi connectivity index (χ2v) is 7.55. The topological polar surface area (TPSA) is 26.7 Å². The molecule has 0 saturated carbocycles. The Hall–Kier alpha value is -2.94. The van der Waals surface area contributed by atoms with Crippen molar-refractivity contribution in [2.45, 2.75) is 33.6 Å². The minimum absolute atomic E-state index is 0.127. The summed E-state index contributed by atoms with van der Waals surface area (Å²) in [5, 5.41) is 9.77. The first-order valence-electron chi connectivity index (χ1n) is 11.1. The van der Waals surface area contributed by atoms with E-state index in [1.807, 2.05) is 12.1 Å². The lowest BCUT2D eigenvalue weighted by Gasteiger charge is -2.24. The van der Waals surface area contributed by atoms with Gasteiger partial charge in [0.05, 0.1) is 0 Å². The summed E-state index contributed by atoms with van der Waals surface area (Å²) in [6.45, 7) is 12.8. The zero-order chi connectivity index (χ0) is 21.5. The van der Waals surface area contributed by atoms with Gasteiger partial charge in [0.15, 0.2) is 0 Å². The molecule has 158 valence electrons. The fourth-order valence-electron chi connectivity index (χ4n) is 4.18. The molecule has 0 aromatic heterocycles.